The Morgan fingerprint density at radius 2 is 1.74 bits per heavy atom. The number of H-pyrrole nitrogens is 1. The Bertz CT molecular complexity index is 1460. The first kappa shape index (κ1) is 24.6. The molecule has 1 amide bonds. The van der Waals surface area contributed by atoms with Crippen LogP contribution in [0.3, 0.4) is 0 Å². The second kappa shape index (κ2) is 10.4. The standard InChI is InChI=1S/C27H29N3O4S/c1-3-18(2)26(30-35(33,34)23-13-12-19-8-4-5-9-20(19)15-23)27(32)29-22(17-31)14-21-16-28-25-11-7-6-10-24(21)25/h4-13,15-18,22,26,28,30H,3,14H2,1-2H3,(H,29,32)/t18-,22-,26-/m0/s1. The van der Waals surface area contributed by atoms with Gasteiger partial charge in [-0.15, -0.1) is 0 Å². The maximum Gasteiger partial charge on any atom is 0.241 e. The van der Waals surface area contributed by atoms with E-state index in [1.54, 1.807) is 12.1 Å². The molecule has 4 rings (SSSR count). The van der Waals surface area contributed by atoms with E-state index in [2.05, 4.69) is 15.0 Å². The molecule has 35 heavy (non-hydrogen) atoms. The van der Waals surface area contributed by atoms with Crippen molar-refractivity contribution in [3.63, 3.8) is 0 Å². The van der Waals surface area contributed by atoms with Crippen molar-refractivity contribution in [3.05, 3.63) is 78.5 Å². The Hall–Kier alpha value is -3.49. The van der Waals surface area contributed by atoms with E-state index >= 15 is 0 Å². The van der Waals surface area contributed by atoms with Gasteiger partial charge in [0, 0.05) is 23.5 Å². The average Bonchev–Trinajstić information content (AvgIpc) is 3.28. The zero-order chi connectivity index (χ0) is 25.0. The molecule has 0 fully saturated rings. The molecule has 4 aromatic rings. The lowest BCUT2D eigenvalue weighted by molar-refractivity contribution is -0.126. The molecule has 1 heterocycles. The van der Waals surface area contributed by atoms with Crippen LogP contribution in [0.1, 0.15) is 25.8 Å². The zero-order valence-electron chi connectivity index (χ0n) is 19.7. The molecule has 0 aliphatic heterocycles. The second-order valence-corrected chi connectivity index (χ2v) is 10.5. The summed E-state index contributed by atoms with van der Waals surface area (Å²) in [6.07, 6.45) is 3.38. The molecule has 0 saturated carbocycles. The number of para-hydroxylation sites is 1. The molecule has 182 valence electrons. The van der Waals surface area contributed by atoms with Crippen LogP contribution in [0.2, 0.25) is 0 Å². The number of sulfonamides is 1. The third kappa shape index (κ3) is 5.44. The van der Waals surface area contributed by atoms with Crippen molar-refractivity contribution < 1.29 is 18.0 Å². The second-order valence-electron chi connectivity index (χ2n) is 8.81. The number of aldehydes is 1. The van der Waals surface area contributed by atoms with Gasteiger partial charge < -0.3 is 15.1 Å². The number of amides is 1. The lowest BCUT2D eigenvalue weighted by Crippen LogP contribution is -2.53. The molecule has 0 spiro atoms. The maximum atomic E-state index is 13.2. The van der Waals surface area contributed by atoms with E-state index in [1.165, 1.54) is 6.07 Å². The fourth-order valence-corrected chi connectivity index (χ4v) is 5.52. The van der Waals surface area contributed by atoms with E-state index in [1.807, 2.05) is 68.6 Å². The van der Waals surface area contributed by atoms with Gasteiger partial charge >= 0.3 is 0 Å². The Balaban J connectivity index is 1.53. The van der Waals surface area contributed by atoms with Gasteiger partial charge in [0.2, 0.25) is 15.9 Å². The summed E-state index contributed by atoms with van der Waals surface area (Å²) in [6.45, 7) is 3.70. The van der Waals surface area contributed by atoms with Gasteiger partial charge in [0.15, 0.2) is 0 Å². The van der Waals surface area contributed by atoms with Crippen LogP contribution in [0.5, 0.6) is 0 Å². The molecule has 7 nitrogen and oxygen atoms in total. The number of aromatic amines is 1. The molecule has 0 aliphatic rings. The van der Waals surface area contributed by atoms with Crippen LogP contribution < -0.4 is 10.0 Å². The van der Waals surface area contributed by atoms with Crippen molar-refractivity contribution in [3.8, 4) is 0 Å². The summed E-state index contributed by atoms with van der Waals surface area (Å²) in [5.74, 6) is -0.814. The van der Waals surface area contributed by atoms with Crippen molar-refractivity contribution in [2.75, 3.05) is 0 Å². The summed E-state index contributed by atoms with van der Waals surface area (Å²) >= 11 is 0. The summed E-state index contributed by atoms with van der Waals surface area (Å²) in [5.41, 5.74) is 1.84. The minimum absolute atomic E-state index is 0.0861. The van der Waals surface area contributed by atoms with Crippen LogP contribution in [-0.2, 0) is 26.0 Å². The smallest absolute Gasteiger partial charge is 0.241 e. The molecule has 3 atom stereocenters. The molecule has 0 aliphatic carbocycles. The predicted octanol–water partition coefficient (Wildman–Crippen LogP) is 3.94. The molecule has 0 bridgehead atoms. The van der Waals surface area contributed by atoms with Gasteiger partial charge in [-0.2, -0.15) is 4.72 Å². The lowest BCUT2D eigenvalue weighted by Gasteiger charge is -2.25. The molecule has 8 heteroatoms. The van der Waals surface area contributed by atoms with Gasteiger partial charge in [0.25, 0.3) is 0 Å². The third-order valence-corrected chi connectivity index (χ3v) is 7.85. The molecule has 0 radical (unpaired) electrons. The normalized spacial score (nSPS) is 14.5. The highest BCUT2D eigenvalue weighted by molar-refractivity contribution is 7.89. The first-order chi connectivity index (χ1) is 16.8. The van der Waals surface area contributed by atoms with Gasteiger partial charge in [-0.05, 0) is 40.5 Å². The van der Waals surface area contributed by atoms with E-state index in [-0.39, 0.29) is 10.8 Å². The summed E-state index contributed by atoms with van der Waals surface area (Å²) in [5, 5.41) is 5.43. The van der Waals surface area contributed by atoms with E-state index in [0.717, 1.165) is 27.2 Å². The fraction of sp³-hybridized carbons (Fsp3) is 0.259. The maximum absolute atomic E-state index is 13.2. The fourth-order valence-electron chi connectivity index (χ4n) is 4.18. The van der Waals surface area contributed by atoms with Crippen LogP contribution in [0.15, 0.2) is 77.8 Å². The van der Waals surface area contributed by atoms with Gasteiger partial charge in [-0.3, -0.25) is 4.79 Å². The summed E-state index contributed by atoms with van der Waals surface area (Å²) in [6, 6.07) is 18.2. The lowest BCUT2D eigenvalue weighted by atomic mass is 9.98. The number of rotatable bonds is 10. The van der Waals surface area contributed by atoms with Crippen molar-refractivity contribution >= 4 is 43.9 Å². The summed E-state index contributed by atoms with van der Waals surface area (Å²) < 4.78 is 29.0. The number of aromatic nitrogens is 1. The average molecular weight is 492 g/mol. The Morgan fingerprint density at radius 3 is 2.49 bits per heavy atom. The van der Waals surface area contributed by atoms with Gasteiger partial charge in [0.1, 0.15) is 12.3 Å². The predicted molar refractivity (Wildman–Crippen MR) is 138 cm³/mol. The van der Waals surface area contributed by atoms with Crippen LogP contribution >= 0.6 is 0 Å². The van der Waals surface area contributed by atoms with Crippen LogP contribution in [-0.4, -0.2) is 37.7 Å². The highest BCUT2D eigenvalue weighted by Crippen LogP contribution is 2.21. The quantitative estimate of drug-likeness (QED) is 0.292. The minimum Gasteiger partial charge on any atom is -0.361 e. The summed E-state index contributed by atoms with van der Waals surface area (Å²) in [4.78, 5) is 28.3. The largest absolute Gasteiger partial charge is 0.361 e. The number of carbonyl (C=O) groups is 2. The molecule has 0 unspecified atom stereocenters. The number of fused-ring (bicyclic) bond motifs is 2. The Labute approximate surface area is 205 Å². The highest BCUT2D eigenvalue weighted by atomic mass is 32.2. The summed E-state index contributed by atoms with van der Waals surface area (Å²) in [7, 11) is -3.98. The highest BCUT2D eigenvalue weighted by Gasteiger charge is 2.31. The molecule has 1 aromatic heterocycles. The first-order valence-electron chi connectivity index (χ1n) is 11.6. The first-order valence-corrected chi connectivity index (χ1v) is 13.1. The van der Waals surface area contributed by atoms with E-state index in [9.17, 15) is 18.0 Å². The molecule has 3 aromatic carbocycles. The number of hydrogen-bond donors (Lipinski definition) is 3. The molecular formula is C27H29N3O4S. The minimum atomic E-state index is -3.98. The van der Waals surface area contributed by atoms with Gasteiger partial charge in [-0.1, -0.05) is 68.8 Å². The molecule has 3 N–H and O–H groups in total. The molecule has 0 saturated heterocycles. The van der Waals surface area contributed by atoms with E-state index < -0.39 is 28.0 Å². The zero-order valence-corrected chi connectivity index (χ0v) is 20.5. The monoisotopic (exact) mass is 491 g/mol. The van der Waals surface area contributed by atoms with Gasteiger partial charge in [-0.25, -0.2) is 8.42 Å². The Morgan fingerprint density at radius 1 is 1.03 bits per heavy atom. The topological polar surface area (TPSA) is 108 Å². The van der Waals surface area contributed by atoms with Crippen molar-refractivity contribution in [1.29, 1.82) is 0 Å². The number of carbonyl (C=O) groups excluding carboxylic acids is 2. The van der Waals surface area contributed by atoms with Crippen LogP contribution in [0, 0.1) is 5.92 Å². The number of benzene rings is 3. The van der Waals surface area contributed by atoms with Crippen LogP contribution in [0.4, 0.5) is 0 Å². The van der Waals surface area contributed by atoms with Crippen molar-refractivity contribution in [1.82, 2.24) is 15.0 Å². The molecular weight excluding hydrogens is 462 g/mol. The number of nitrogens with one attached hydrogen (secondary N) is 3. The van der Waals surface area contributed by atoms with Crippen LogP contribution in [0.25, 0.3) is 21.7 Å². The van der Waals surface area contributed by atoms with Crippen molar-refractivity contribution in [2.24, 2.45) is 5.92 Å². The van der Waals surface area contributed by atoms with Gasteiger partial charge in [0.05, 0.1) is 10.9 Å². The van der Waals surface area contributed by atoms with Crippen molar-refractivity contribution in [2.45, 2.75) is 43.7 Å². The number of hydrogen-bond acceptors (Lipinski definition) is 4. The third-order valence-electron chi connectivity index (χ3n) is 6.42. The SMILES string of the molecule is CC[C@H](C)[C@H](NS(=O)(=O)c1ccc2ccccc2c1)C(=O)N[C@H](C=O)Cc1c[nH]c2ccccc12. The Kier molecular flexibility index (Phi) is 7.33. The van der Waals surface area contributed by atoms with E-state index in [4.69, 9.17) is 0 Å². The van der Waals surface area contributed by atoms with E-state index in [0.29, 0.717) is 19.1 Å².